The second-order valence-corrected chi connectivity index (χ2v) is 5.78. The molecule has 3 rings (SSSR count). The largest absolute Gasteiger partial charge is 0.461 e. The number of aromatic nitrogens is 3. The van der Waals surface area contributed by atoms with Crippen LogP contribution in [0.25, 0.3) is 11.8 Å². The van der Waals surface area contributed by atoms with Crippen LogP contribution >= 0.6 is 0 Å². The minimum atomic E-state index is -0.506. The van der Waals surface area contributed by atoms with Gasteiger partial charge in [-0.1, -0.05) is 53.7 Å². The molecule has 6 heteroatoms. The Labute approximate surface area is 157 Å². The maximum atomic E-state index is 12.3. The molecule has 6 nitrogen and oxygen atoms in total. The molecular formula is C21H19N3O3. The number of para-hydroxylation sites is 1. The first kappa shape index (κ1) is 18.3. The molecule has 0 radical (unpaired) electrons. The lowest BCUT2D eigenvalue weighted by Gasteiger charge is -2.07. The molecule has 0 atom stereocenters. The van der Waals surface area contributed by atoms with E-state index >= 15 is 0 Å². The Morgan fingerprint density at radius 1 is 1.07 bits per heavy atom. The van der Waals surface area contributed by atoms with Crippen molar-refractivity contribution < 1.29 is 14.3 Å². The van der Waals surface area contributed by atoms with Crippen molar-refractivity contribution in [3.63, 3.8) is 0 Å². The van der Waals surface area contributed by atoms with Gasteiger partial charge >= 0.3 is 5.97 Å². The Morgan fingerprint density at radius 3 is 2.52 bits per heavy atom. The van der Waals surface area contributed by atoms with Gasteiger partial charge in [-0.25, -0.2) is 9.48 Å². The van der Waals surface area contributed by atoms with Crippen molar-refractivity contribution in [2.24, 2.45) is 0 Å². The van der Waals surface area contributed by atoms with Crippen LogP contribution in [0.1, 0.15) is 39.0 Å². The second kappa shape index (κ2) is 8.23. The SMILES string of the molecule is CCOC(=O)c1nnn(-c2ccccc2/C=C/C(=O)c2ccccc2)c1C. The zero-order chi connectivity index (χ0) is 19.2. The average Bonchev–Trinajstić information content (AvgIpc) is 3.08. The third-order valence-electron chi connectivity index (χ3n) is 4.00. The van der Waals surface area contributed by atoms with Crippen molar-refractivity contribution in [3.8, 4) is 5.69 Å². The number of rotatable bonds is 6. The van der Waals surface area contributed by atoms with Gasteiger partial charge in [-0.15, -0.1) is 5.10 Å². The molecule has 1 aromatic heterocycles. The van der Waals surface area contributed by atoms with E-state index in [0.29, 0.717) is 11.3 Å². The number of ketones is 1. The molecule has 136 valence electrons. The normalized spacial score (nSPS) is 10.9. The fourth-order valence-corrected chi connectivity index (χ4v) is 2.63. The molecule has 0 fully saturated rings. The Bertz CT molecular complexity index is 991. The van der Waals surface area contributed by atoms with Crippen molar-refractivity contribution in [2.45, 2.75) is 13.8 Å². The van der Waals surface area contributed by atoms with Crippen LogP contribution in [0.15, 0.2) is 60.7 Å². The first-order valence-electron chi connectivity index (χ1n) is 8.58. The van der Waals surface area contributed by atoms with Crippen LogP contribution in [0.4, 0.5) is 0 Å². The number of esters is 1. The Hall–Kier alpha value is -3.54. The van der Waals surface area contributed by atoms with E-state index in [1.807, 2.05) is 42.5 Å². The molecule has 1 heterocycles. The predicted molar refractivity (Wildman–Crippen MR) is 102 cm³/mol. The standard InChI is InChI=1S/C21H19N3O3/c1-3-27-21(26)20-15(2)24(23-22-20)18-12-8-7-9-16(18)13-14-19(25)17-10-5-4-6-11-17/h4-14H,3H2,1-2H3/b14-13+. The number of nitrogens with zero attached hydrogens (tertiary/aromatic N) is 3. The van der Waals surface area contributed by atoms with Gasteiger partial charge in [0.05, 0.1) is 18.0 Å². The zero-order valence-electron chi connectivity index (χ0n) is 15.1. The smallest absolute Gasteiger partial charge is 0.360 e. The molecule has 0 aliphatic rings. The summed E-state index contributed by atoms with van der Waals surface area (Å²) in [6.07, 6.45) is 3.25. The van der Waals surface area contributed by atoms with E-state index in [0.717, 1.165) is 11.3 Å². The Balaban J connectivity index is 1.92. The molecule has 0 unspecified atom stereocenters. The summed E-state index contributed by atoms with van der Waals surface area (Å²) in [6.45, 7) is 3.76. The molecule has 0 saturated carbocycles. The predicted octanol–water partition coefficient (Wildman–Crippen LogP) is 3.65. The van der Waals surface area contributed by atoms with E-state index in [1.165, 1.54) is 6.08 Å². The summed E-state index contributed by atoms with van der Waals surface area (Å²) in [5.74, 6) is -0.596. The Kier molecular flexibility index (Phi) is 5.56. The summed E-state index contributed by atoms with van der Waals surface area (Å²) in [4.78, 5) is 24.3. The monoisotopic (exact) mass is 361 g/mol. The summed E-state index contributed by atoms with van der Waals surface area (Å²) in [6, 6.07) is 16.5. The van der Waals surface area contributed by atoms with Gasteiger partial charge in [0.25, 0.3) is 0 Å². The lowest BCUT2D eigenvalue weighted by Crippen LogP contribution is -2.08. The molecule has 0 amide bonds. The van der Waals surface area contributed by atoms with E-state index in [1.54, 1.807) is 36.7 Å². The van der Waals surface area contributed by atoms with Gasteiger partial charge in [0, 0.05) is 11.1 Å². The highest BCUT2D eigenvalue weighted by molar-refractivity contribution is 6.06. The van der Waals surface area contributed by atoms with Gasteiger partial charge in [-0.05, 0) is 32.1 Å². The number of allylic oxidation sites excluding steroid dienone is 1. The summed E-state index contributed by atoms with van der Waals surface area (Å²) in [7, 11) is 0. The summed E-state index contributed by atoms with van der Waals surface area (Å²) in [5, 5.41) is 8.02. The van der Waals surface area contributed by atoms with Gasteiger partial charge in [0.2, 0.25) is 0 Å². The zero-order valence-corrected chi connectivity index (χ0v) is 15.1. The van der Waals surface area contributed by atoms with E-state index in [9.17, 15) is 9.59 Å². The van der Waals surface area contributed by atoms with Gasteiger partial charge in [-0.3, -0.25) is 4.79 Å². The van der Waals surface area contributed by atoms with Crippen molar-refractivity contribution in [3.05, 3.63) is 83.2 Å². The van der Waals surface area contributed by atoms with Crippen LogP contribution in [-0.2, 0) is 4.74 Å². The number of carbonyl (C=O) groups excluding carboxylic acids is 2. The highest BCUT2D eigenvalue weighted by Crippen LogP contribution is 2.19. The lowest BCUT2D eigenvalue weighted by molar-refractivity contribution is 0.0518. The van der Waals surface area contributed by atoms with Gasteiger partial charge in [-0.2, -0.15) is 0 Å². The van der Waals surface area contributed by atoms with Crippen LogP contribution in [0.2, 0.25) is 0 Å². The van der Waals surface area contributed by atoms with Gasteiger partial charge in [0.15, 0.2) is 11.5 Å². The number of benzene rings is 2. The second-order valence-electron chi connectivity index (χ2n) is 5.78. The maximum Gasteiger partial charge on any atom is 0.360 e. The molecule has 0 aliphatic carbocycles. The molecule has 0 aliphatic heterocycles. The molecule has 0 N–H and O–H groups in total. The summed E-state index contributed by atoms with van der Waals surface area (Å²) in [5.41, 5.74) is 2.87. The first-order valence-corrected chi connectivity index (χ1v) is 8.58. The summed E-state index contributed by atoms with van der Waals surface area (Å²) >= 11 is 0. The third kappa shape index (κ3) is 4.00. The molecule has 27 heavy (non-hydrogen) atoms. The topological polar surface area (TPSA) is 74.1 Å². The lowest BCUT2D eigenvalue weighted by atomic mass is 10.1. The summed E-state index contributed by atoms with van der Waals surface area (Å²) < 4.78 is 6.57. The number of hydrogen-bond acceptors (Lipinski definition) is 5. The fourth-order valence-electron chi connectivity index (χ4n) is 2.63. The van der Waals surface area contributed by atoms with Crippen LogP contribution in [0.5, 0.6) is 0 Å². The van der Waals surface area contributed by atoms with Crippen LogP contribution < -0.4 is 0 Å². The first-order chi connectivity index (χ1) is 13.1. The number of ether oxygens (including phenoxy) is 1. The minimum Gasteiger partial charge on any atom is -0.461 e. The highest BCUT2D eigenvalue weighted by Gasteiger charge is 2.19. The van der Waals surface area contributed by atoms with Gasteiger partial charge in [0.1, 0.15) is 0 Å². The molecular weight excluding hydrogens is 342 g/mol. The minimum absolute atomic E-state index is 0.0899. The fraction of sp³-hybridized carbons (Fsp3) is 0.143. The average molecular weight is 361 g/mol. The van der Waals surface area contributed by atoms with Crippen molar-refractivity contribution in [2.75, 3.05) is 6.61 Å². The van der Waals surface area contributed by atoms with Crippen LogP contribution in [0, 0.1) is 6.92 Å². The van der Waals surface area contributed by atoms with E-state index in [4.69, 9.17) is 4.74 Å². The quantitative estimate of drug-likeness (QED) is 0.381. The third-order valence-corrected chi connectivity index (χ3v) is 4.00. The van der Waals surface area contributed by atoms with E-state index in [-0.39, 0.29) is 18.1 Å². The number of hydrogen-bond donors (Lipinski definition) is 0. The van der Waals surface area contributed by atoms with Crippen molar-refractivity contribution in [1.29, 1.82) is 0 Å². The van der Waals surface area contributed by atoms with E-state index < -0.39 is 5.97 Å². The molecule has 3 aromatic rings. The Morgan fingerprint density at radius 2 is 1.78 bits per heavy atom. The van der Waals surface area contributed by atoms with Gasteiger partial charge < -0.3 is 4.74 Å². The molecule has 2 aromatic carbocycles. The van der Waals surface area contributed by atoms with Crippen molar-refractivity contribution >= 4 is 17.8 Å². The highest BCUT2D eigenvalue weighted by atomic mass is 16.5. The molecule has 0 bridgehead atoms. The van der Waals surface area contributed by atoms with Crippen molar-refractivity contribution in [1.82, 2.24) is 15.0 Å². The maximum absolute atomic E-state index is 12.3. The van der Waals surface area contributed by atoms with Crippen LogP contribution in [0.3, 0.4) is 0 Å². The number of carbonyl (C=O) groups is 2. The van der Waals surface area contributed by atoms with Crippen LogP contribution in [-0.4, -0.2) is 33.4 Å². The molecule has 0 spiro atoms. The van der Waals surface area contributed by atoms with E-state index in [2.05, 4.69) is 10.3 Å². The molecule has 0 saturated heterocycles.